The molecule has 120 valence electrons. The first-order valence-electron chi connectivity index (χ1n) is 7.98. The number of fused-ring (bicyclic) bond motifs is 1. The number of hydrogen-bond acceptors (Lipinski definition) is 2. The molecule has 0 radical (unpaired) electrons. The third-order valence-corrected chi connectivity index (χ3v) is 4.36. The number of rotatable bonds is 3. The van der Waals surface area contributed by atoms with Gasteiger partial charge in [0.05, 0.1) is 5.52 Å². The zero-order valence-corrected chi connectivity index (χ0v) is 14.1. The van der Waals surface area contributed by atoms with E-state index in [0.29, 0.717) is 16.3 Å². The van der Waals surface area contributed by atoms with Crippen molar-refractivity contribution < 1.29 is 4.79 Å². The number of carbonyl (C=O) groups excluding carboxylic acids is 1. The van der Waals surface area contributed by atoms with E-state index in [0.717, 1.165) is 22.0 Å². The van der Waals surface area contributed by atoms with Gasteiger partial charge >= 0.3 is 0 Å². The molecule has 0 unspecified atom stereocenters. The van der Waals surface area contributed by atoms with Crippen molar-refractivity contribution in [3.05, 3.63) is 101 Å². The van der Waals surface area contributed by atoms with E-state index in [1.807, 2.05) is 66.7 Å². The Morgan fingerprint density at radius 1 is 0.800 bits per heavy atom. The smallest absolute Gasteiger partial charge is 0.211 e. The maximum absolute atomic E-state index is 12.9. The molecule has 1 aromatic heterocycles. The summed E-state index contributed by atoms with van der Waals surface area (Å²) in [6.07, 6.45) is 0. The van der Waals surface area contributed by atoms with Crippen molar-refractivity contribution in [2.75, 3.05) is 0 Å². The Hall–Kier alpha value is -2.97. The topological polar surface area (TPSA) is 30.0 Å². The van der Waals surface area contributed by atoms with Crippen molar-refractivity contribution in [1.82, 2.24) is 4.98 Å². The molecule has 4 rings (SSSR count). The summed E-state index contributed by atoms with van der Waals surface area (Å²) in [5.74, 6) is -0.0883. The van der Waals surface area contributed by atoms with Crippen LogP contribution in [-0.2, 0) is 0 Å². The SMILES string of the molecule is O=C(c1ccccc1)c1cc(-c2ccccc2)c2cc(Cl)ccc2n1. The summed E-state index contributed by atoms with van der Waals surface area (Å²) in [5, 5.41) is 1.58. The molecule has 0 N–H and O–H groups in total. The number of pyridine rings is 1. The Labute approximate surface area is 150 Å². The van der Waals surface area contributed by atoms with E-state index in [-0.39, 0.29) is 5.78 Å². The first kappa shape index (κ1) is 15.6. The number of carbonyl (C=O) groups is 1. The average molecular weight is 344 g/mol. The van der Waals surface area contributed by atoms with Crippen LogP contribution in [0.3, 0.4) is 0 Å². The molecular formula is C22H14ClNO. The Morgan fingerprint density at radius 3 is 2.20 bits per heavy atom. The molecule has 0 saturated heterocycles. The van der Waals surface area contributed by atoms with Crippen LogP contribution in [0.4, 0.5) is 0 Å². The molecular weight excluding hydrogens is 330 g/mol. The monoisotopic (exact) mass is 343 g/mol. The number of aromatic nitrogens is 1. The summed E-state index contributed by atoms with van der Waals surface area (Å²) < 4.78 is 0. The fraction of sp³-hybridized carbons (Fsp3) is 0. The predicted molar refractivity (Wildman–Crippen MR) is 102 cm³/mol. The van der Waals surface area contributed by atoms with Gasteiger partial charge in [-0.2, -0.15) is 0 Å². The van der Waals surface area contributed by atoms with Gasteiger partial charge in [0.25, 0.3) is 0 Å². The van der Waals surface area contributed by atoms with Gasteiger partial charge in [-0.1, -0.05) is 72.3 Å². The van der Waals surface area contributed by atoms with Crippen LogP contribution in [0.1, 0.15) is 16.1 Å². The molecule has 25 heavy (non-hydrogen) atoms. The van der Waals surface area contributed by atoms with Crippen LogP contribution in [0.2, 0.25) is 5.02 Å². The van der Waals surface area contributed by atoms with Crippen LogP contribution < -0.4 is 0 Å². The molecule has 0 atom stereocenters. The maximum Gasteiger partial charge on any atom is 0.211 e. The van der Waals surface area contributed by atoms with Gasteiger partial charge in [-0.15, -0.1) is 0 Å². The predicted octanol–water partition coefficient (Wildman–Crippen LogP) is 5.79. The van der Waals surface area contributed by atoms with E-state index in [1.165, 1.54) is 0 Å². The van der Waals surface area contributed by atoms with Crippen molar-refractivity contribution in [3.63, 3.8) is 0 Å². The molecule has 1 heterocycles. The van der Waals surface area contributed by atoms with Crippen molar-refractivity contribution in [2.45, 2.75) is 0 Å². The number of hydrogen-bond donors (Lipinski definition) is 0. The normalized spacial score (nSPS) is 10.8. The van der Waals surface area contributed by atoms with Crippen LogP contribution >= 0.6 is 11.6 Å². The first-order chi connectivity index (χ1) is 12.2. The average Bonchev–Trinajstić information content (AvgIpc) is 2.68. The maximum atomic E-state index is 12.9. The van der Waals surface area contributed by atoms with Gasteiger partial charge in [-0.05, 0) is 35.4 Å². The lowest BCUT2D eigenvalue weighted by molar-refractivity contribution is 0.103. The molecule has 3 aromatic carbocycles. The van der Waals surface area contributed by atoms with E-state index in [4.69, 9.17) is 11.6 Å². The van der Waals surface area contributed by atoms with Crippen LogP contribution in [0.5, 0.6) is 0 Å². The van der Waals surface area contributed by atoms with Crippen molar-refractivity contribution in [3.8, 4) is 11.1 Å². The van der Waals surface area contributed by atoms with Crippen LogP contribution in [0.15, 0.2) is 84.9 Å². The van der Waals surface area contributed by atoms with Crippen LogP contribution in [0.25, 0.3) is 22.0 Å². The van der Waals surface area contributed by atoms with Crippen LogP contribution in [0, 0.1) is 0 Å². The summed E-state index contributed by atoms with van der Waals surface area (Å²) in [7, 11) is 0. The van der Waals surface area contributed by atoms with Crippen molar-refractivity contribution in [2.24, 2.45) is 0 Å². The third kappa shape index (κ3) is 3.04. The zero-order valence-electron chi connectivity index (χ0n) is 13.3. The highest BCUT2D eigenvalue weighted by atomic mass is 35.5. The highest BCUT2D eigenvalue weighted by molar-refractivity contribution is 6.31. The van der Waals surface area contributed by atoms with Gasteiger partial charge in [0.15, 0.2) is 0 Å². The number of ketones is 1. The van der Waals surface area contributed by atoms with E-state index < -0.39 is 0 Å². The summed E-state index contributed by atoms with van der Waals surface area (Å²) in [5.41, 5.74) is 3.79. The molecule has 3 heteroatoms. The summed E-state index contributed by atoms with van der Waals surface area (Å²) in [6, 6.07) is 26.6. The Morgan fingerprint density at radius 2 is 1.48 bits per heavy atom. The lowest BCUT2D eigenvalue weighted by Crippen LogP contribution is -2.05. The minimum Gasteiger partial charge on any atom is -0.287 e. The van der Waals surface area contributed by atoms with Gasteiger partial charge in [0.1, 0.15) is 5.69 Å². The Bertz CT molecular complexity index is 1060. The number of nitrogens with zero attached hydrogens (tertiary/aromatic N) is 1. The molecule has 0 aliphatic heterocycles. The largest absolute Gasteiger partial charge is 0.287 e. The van der Waals surface area contributed by atoms with E-state index in [2.05, 4.69) is 4.98 Å². The van der Waals surface area contributed by atoms with Crippen molar-refractivity contribution >= 4 is 28.3 Å². The molecule has 0 amide bonds. The first-order valence-corrected chi connectivity index (χ1v) is 8.36. The highest BCUT2D eigenvalue weighted by Crippen LogP contribution is 2.31. The van der Waals surface area contributed by atoms with E-state index >= 15 is 0 Å². The highest BCUT2D eigenvalue weighted by Gasteiger charge is 2.15. The standard InChI is InChI=1S/C22H14ClNO/c23-17-11-12-20-19(13-17)18(15-7-3-1-4-8-15)14-21(24-20)22(25)16-9-5-2-6-10-16/h1-14H. The summed E-state index contributed by atoms with van der Waals surface area (Å²) in [6.45, 7) is 0. The molecule has 0 aliphatic rings. The summed E-state index contributed by atoms with van der Waals surface area (Å²) in [4.78, 5) is 17.4. The summed E-state index contributed by atoms with van der Waals surface area (Å²) >= 11 is 6.18. The van der Waals surface area contributed by atoms with Gasteiger partial charge in [-0.25, -0.2) is 4.98 Å². The minimum atomic E-state index is -0.0883. The third-order valence-electron chi connectivity index (χ3n) is 4.12. The van der Waals surface area contributed by atoms with E-state index in [1.54, 1.807) is 18.2 Å². The van der Waals surface area contributed by atoms with Gasteiger partial charge < -0.3 is 0 Å². The molecule has 0 bridgehead atoms. The van der Waals surface area contributed by atoms with Crippen molar-refractivity contribution in [1.29, 1.82) is 0 Å². The second kappa shape index (κ2) is 6.50. The fourth-order valence-corrected chi connectivity index (χ4v) is 3.08. The van der Waals surface area contributed by atoms with Gasteiger partial charge in [0, 0.05) is 16.0 Å². The Kier molecular flexibility index (Phi) is 4.04. The molecule has 0 aliphatic carbocycles. The lowest BCUT2D eigenvalue weighted by atomic mass is 9.98. The van der Waals surface area contributed by atoms with Crippen LogP contribution in [-0.4, -0.2) is 10.8 Å². The molecule has 0 fully saturated rings. The second-order valence-electron chi connectivity index (χ2n) is 5.78. The minimum absolute atomic E-state index is 0.0883. The fourth-order valence-electron chi connectivity index (χ4n) is 2.91. The second-order valence-corrected chi connectivity index (χ2v) is 6.21. The van der Waals surface area contributed by atoms with E-state index in [9.17, 15) is 4.79 Å². The molecule has 2 nitrogen and oxygen atoms in total. The molecule has 0 saturated carbocycles. The lowest BCUT2D eigenvalue weighted by Gasteiger charge is -2.10. The van der Waals surface area contributed by atoms with Gasteiger partial charge in [-0.3, -0.25) is 4.79 Å². The molecule has 0 spiro atoms. The number of benzene rings is 3. The quantitative estimate of drug-likeness (QED) is 0.441. The Balaban J connectivity index is 1.96. The van der Waals surface area contributed by atoms with Gasteiger partial charge in [0.2, 0.25) is 5.78 Å². The zero-order chi connectivity index (χ0) is 17.2. The number of halogens is 1. The molecule has 4 aromatic rings.